The Morgan fingerprint density at radius 3 is 2.42 bits per heavy atom. The van der Waals surface area contributed by atoms with Crippen molar-refractivity contribution in [2.24, 2.45) is 0 Å². The molecule has 0 atom stereocenters. The third-order valence-corrected chi connectivity index (χ3v) is 4.78. The molecular formula is C17H17N3O3S. The van der Waals surface area contributed by atoms with Crippen molar-refractivity contribution in [2.75, 3.05) is 24.7 Å². The molecule has 0 unspecified atom stereocenters. The van der Waals surface area contributed by atoms with E-state index in [1.165, 1.54) is 12.6 Å². The lowest BCUT2D eigenvalue weighted by Gasteiger charge is -2.09. The molecule has 0 saturated carbocycles. The lowest BCUT2D eigenvalue weighted by molar-refractivity contribution is 0.311. The van der Waals surface area contributed by atoms with Crippen molar-refractivity contribution in [1.29, 1.82) is 0 Å². The number of fused-ring (bicyclic) bond motifs is 1. The van der Waals surface area contributed by atoms with E-state index in [0.29, 0.717) is 17.3 Å². The van der Waals surface area contributed by atoms with Crippen molar-refractivity contribution in [1.82, 2.24) is 9.97 Å². The average Bonchev–Trinajstić information content (AvgIpc) is 2.59. The highest BCUT2D eigenvalue weighted by atomic mass is 32.2. The Morgan fingerprint density at radius 1 is 1.04 bits per heavy atom. The zero-order valence-corrected chi connectivity index (χ0v) is 13.9. The zero-order valence-electron chi connectivity index (χ0n) is 13.1. The second kappa shape index (κ2) is 6.54. The third kappa shape index (κ3) is 3.37. The molecule has 2 N–H and O–H groups in total. The fraction of sp³-hybridized carbons (Fsp3) is 0.176. The van der Waals surface area contributed by atoms with Crippen LogP contribution in [0.3, 0.4) is 0 Å². The summed E-state index contributed by atoms with van der Waals surface area (Å²) in [5.41, 5.74) is 2.63. The molecule has 0 aliphatic heterocycles. The van der Waals surface area contributed by atoms with Gasteiger partial charge in [0.25, 0.3) is 0 Å². The van der Waals surface area contributed by atoms with E-state index >= 15 is 0 Å². The van der Waals surface area contributed by atoms with Gasteiger partial charge in [-0.25, -0.2) is 18.4 Å². The zero-order chi connectivity index (χ0) is 17.2. The molecule has 2 aromatic carbocycles. The molecule has 7 heteroatoms. The van der Waals surface area contributed by atoms with Crippen LogP contribution < -0.4 is 5.32 Å². The van der Waals surface area contributed by atoms with Crippen LogP contribution in [0.25, 0.3) is 22.0 Å². The highest BCUT2D eigenvalue weighted by Gasteiger charge is 2.09. The minimum atomic E-state index is -3.21. The summed E-state index contributed by atoms with van der Waals surface area (Å²) in [4.78, 5) is 8.74. The van der Waals surface area contributed by atoms with Crippen molar-refractivity contribution < 1.29 is 13.5 Å². The number of sulfone groups is 1. The minimum absolute atomic E-state index is 0.0120. The maximum absolute atomic E-state index is 11.6. The van der Waals surface area contributed by atoms with E-state index < -0.39 is 9.84 Å². The largest absolute Gasteiger partial charge is 0.395 e. The van der Waals surface area contributed by atoms with Gasteiger partial charge < -0.3 is 10.4 Å². The number of aliphatic hydroxyl groups is 1. The molecule has 0 radical (unpaired) electrons. The Balaban J connectivity index is 2.03. The van der Waals surface area contributed by atoms with Gasteiger partial charge in [0, 0.05) is 18.2 Å². The summed E-state index contributed by atoms with van der Waals surface area (Å²) in [6.07, 6.45) is 2.66. The van der Waals surface area contributed by atoms with E-state index in [1.54, 1.807) is 24.3 Å². The van der Waals surface area contributed by atoms with Gasteiger partial charge >= 0.3 is 0 Å². The number of hydrogen-bond donors (Lipinski definition) is 2. The molecule has 0 aliphatic rings. The van der Waals surface area contributed by atoms with Crippen LogP contribution in [0.1, 0.15) is 0 Å². The van der Waals surface area contributed by atoms with Gasteiger partial charge in [0.15, 0.2) is 9.84 Å². The lowest BCUT2D eigenvalue weighted by Crippen LogP contribution is -2.07. The molecule has 6 nitrogen and oxygen atoms in total. The van der Waals surface area contributed by atoms with Crippen molar-refractivity contribution in [3.8, 4) is 11.1 Å². The van der Waals surface area contributed by atoms with Crippen molar-refractivity contribution in [3.63, 3.8) is 0 Å². The first kappa shape index (κ1) is 16.4. The van der Waals surface area contributed by atoms with Gasteiger partial charge in [-0.05, 0) is 35.4 Å². The smallest absolute Gasteiger partial charge is 0.175 e. The van der Waals surface area contributed by atoms with E-state index in [-0.39, 0.29) is 6.61 Å². The predicted molar refractivity (Wildman–Crippen MR) is 93.7 cm³/mol. The van der Waals surface area contributed by atoms with E-state index in [1.807, 2.05) is 18.2 Å². The molecule has 0 amide bonds. The first-order valence-corrected chi connectivity index (χ1v) is 9.28. The van der Waals surface area contributed by atoms with E-state index in [2.05, 4.69) is 15.3 Å². The Labute approximate surface area is 140 Å². The number of rotatable bonds is 5. The maximum Gasteiger partial charge on any atom is 0.175 e. The molecule has 3 aromatic rings. The van der Waals surface area contributed by atoms with Gasteiger partial charge in [-0.1, -0.05) is 18.2 Å². The number of anilines is 1. The Hall–Kier alpha value is -2.51. The number of hydrogen-bond acceptors (Lipinski definition) is 6. The van der Waals surface area contributed by atoms with Gasteiger partial charge in [-0.2, -0.15) is 0 Å². The first-order valence-electron chi connectivity index (χ1n) is 7.39. The SMILES string of the molecule is CS(=O)(=O)c1ccc(-c2ccc3ncnc(NCCO)c3c2)cc1. The normalized spacial score (nSPS) is 11.6. The number of nitrogens with zero attached hydrogens (tertiary/aromatic N) is 2. The fourth-order valence-electron chi connectivity index (χ4n) is 2.45. The van der Waals surface area contributed by atoms with Crippen LogP contribution in [-0.2, 0) is 9.84 Å². The molecule has 0 bridgehead atoms. The van der Waals surface area contributed by atoms with Gasteiger partial charge in [0.2, 0.25) is 0 Å². The number of benzene rings is 2. The average molecular weight is 343 g/mol. The minimum Gasteiger partial charge on any atom is -0.395 e. The van der Waals surface area contributed by atoms with Crippen LogP contribution >= 0.6 is 0 Å². The van der Waals surface area contributed by atoms with Gasteiger partial charge in [-0.15, -0.1) is 0 Å². The molecule has 1 heterocycles. The van der Waals surface area contributed by atoms with Crippen LogP contribution in [0.5, 0.6) is 0 Å². The molecule has 3 rings (SSSR count). The van der Waals surface area contributed by atoms with Crippen molar-refractivity contribution in [3.05, 3.63) is 48.8 Å². The lowest BCUT2D eigenvalue weighted by atomic mass is 10.0. The van der Waals surface area contributed by atoms with Crippen LogP contribution in [0.2, 0.25) is 0 Å². The van der Waals surface area contributed by atoms with Crippen molar-refractivity contribution >= 4 is 26.6 Å². The van der Waals surface area contributed by atoms with Crippen LogP contribution in [0.4, 0.5) is 5.82 Å². The summed E-state index contributed by atoms with van der Waals surface area (Å²) in [5, 5.41) is 12.9. The molecule has 0 aliphatic carbocycles. The van der Waals surface area contributed by atoms with Crippen LogP contribution in [0, 0.1) is 0 Å². The molecule has 0 fully saturated rings. The summed E-state index contributed by atoms with van der Waals surface area (Å²) >= 11 is 0. The van der Waals surface area contributed by atoms with Gasteiger partial charge in [-0.3, -0.25) is 0 Å². The Morgan fingerprint density at radius 2 is 1.75 bits per heavy atom. The van der Waals surface area contributed by atoms with Gasteiger partial charge in [0.1, 0.15) is 12.1 Å². The molecule has 124 valence electrons. The Kier molecular flexibility index (Phi) is 4.46. The molecule has 24 heavy (non-hydrogen) atoms. The highest BCUT2D eigenvalue weighted by molar-refractivity contribution is 7.90. The van der Waals surface area contributed by atoms with Crippen LogP contribution in [-0.4, -0.2) is 42.9 Å². The molecule has 0 spiro atoms. The second-order valence-corrected chi connectivity index (χ2v) is 7.42. The quantitative estimate of drug-likeness (QED) is 0.737. The molecule has 0 saturated heterocycles. The maximum atomic E-state index is 11.6. The summed E-state index contributed by atoms with van der Waals surface area (Å²) in [7, 11) is -3.21. The van der Waals surface area contributed by atoms with Crippen molar-refractivity contribution in [2.45, 2.75) is 4.90 Å². The monoisotopic (exact) mass is 343 g/mol. The summed E-state index contributed by atoms with van der Waals surface area (Å²) in [5.74, 6) is 0.656. The summed E-state index contributed by atoms with van der Waals surface area (Å²) in [6, 6.07) is 12.5. The number of aromatic nitrogens is 2. The standard InChI is InChI=1S/C17H17N3O3S/c1-24(22,23)14-5-2-12(3-6-14)13-4-7-16-15(10-13)17(18-8-9-21)20-11-19-16/h2-7,10-11,21H,8-9H2,1H3,(H,18,19,20). The van der Waals surface area contributed by atoms with E-state index in [0.717, 1.165) is 22.0 Å². The predicted octanol–water partition coefficient (Wildman–Crippen LogP) is 2.10. The summed E-state index contributed by atoms with van der Waals surface area (Å²) < 4.78 is 23.1. The molecular weight excluding hydrogens is 326 g/mol. The Bertz CT molecular complexity index is 970. The highest BCUT2D eigenvalue weighted by Crippen LogP contribution is 2.27. The van der Waals surface area contributed by atoms with E-state index in [9.17, 15) is 8.42 Å². The van der Waals surface area contributed by atoms with Gasteiger partial charge in [0.05, 0.1) is 17.0 Å². The molecule has 1 aromatic heterocycles. The summed E-state index contributed by atoms with van der Waals surface area (Å²) in [6.45, 7) is 0.414. The third-order valence-electron chi connectivity index (χ3n) is 3.66. The number of aliphatic hydroxyl groups excluding tert-OH is 1. The second-order valence-electron chi connectivity index (χ2n) is 5.40. The van der Waals surface area contributed by atoms with E-state index in [4.69, 9.17) is 5.11 Å². The van der Waals surface area contributed by atoms with Crippen LogP contribution in [0.15, 0.2) is 53.7 Å². The number of nitrogens with one attached hydrogen (secondary N) is 1. The fourth-order valence-corrected chi connectivity index (χ4v) is 3.08. The first-order chi connectivity index (χ1) is 11.5. The topological polar surface area (TPSA) is 92.2 Å².